The molecule has 0 amide bonds. The van der Waals surface area contributed by atoms with Crippen LogP contribution in [0.15, 0.2) is 18.5 Å². The van der Waals surface area contributed by atoms with E-state index in [-0.39, 0.29) is 10.8 Å². The number of hydrogen-bond acceptors (Lipinski definition) is 3. The van der Waals surface area contributed by atoms with Crippen LogP contribution in [0, 0.1) is 10.8 Å². The molecule has 0 spiro atoms. The fraction of sp³-hybridized carbons (Fsp3) is 0.667. The summed E-state index contributed by atoms with van der Waals surface area (Å²) in [4.78, 5) is 4.01. The molecule has 2 unspecified atom stereocenters. The SMILES string of the molecule is CC1(C)CCCC(CN)(Cc2ccncc2Cl)C1O. The van der Waals surface area contributed by atoms with Crippen LogP contribution >= 0.6 is 11.6 Å². The molecule has 1 fully saturated rings. The Morgan fingerprint density at radius 2 is 2.21 bits per heavy atom. The van der Waals surface area contributed by atoms with Gasteiger partial charge in [0.2, 0.25) is 0 Å². The first kappa shape index (κ1) is 14.8. The van der Waals surface area contributed by atoms with E-state index < -0.39 is 6.10 Å². The maximum absolute atomic E-state index is 10.8. The normalized spacial score (nSPS) is 30.3. The van der Waals surface area contributed by atoms with Crippen LogP contribution in [-0.4, -0.2) is 22.7 Å². The summed E-state index contributed by atoms with van der Waals surface area (Å²) < 4.78 is 0. The number of halogens is 1. The predicted octanol–water partition coefficient (Wildman–Crippen LogP) is 2.79. The minimum absolute atomic E-state index is 0.0862. The van der Waals surface area contributed by atoms with Crippen LogP contribution in [-0.2, 0) is 6.42 Å². The van der Waals surface area contributed by atoms with Gasteiger partial charge in [0.05, 0.1) is 11.1 Å². The van der Waals surface area contributed by atoms with E-state index in [1.807, 2.05) is 6.07 Å². The van der Waals surface area contributed by atoms with E-state index in [0.717, 1.165) is 31.2 Å². The molecule has 0 bridgehead atoms. The van der Waals surface area contributed by atoms with Crippen molar-refractivity contribution >= 4 is 11.6 Å². The van der Waals surface area contributed by atoms with Crippen molar-refractivity contribution in [3.63, 3.8) is 0 Å². The molecule has 3 N–H and O–H groups in total. The highest BCUT2D eigenvalue weighted by Crippen LogP contribution is 2.48. The zero-order valence-corrected chi connectivity index (χ0v) is 12.5. The second-order valence-corrected chi connectivity index (χ2v) is 6.86. The average molecular weight is 283 g/mol. The second kappa shape index (κ2) is 5.39. The molecule has 1 aromatic heterocycles. The number of nitrogens with zero attached hydrogens (tertiary/aromatic N) is 1. The van der Waals surface area contributed by atoms with E-state index in [0.29, 0.717) is 11.6 Å². The highest BCUT2D eigenvalue weighted by molar-refractivity contribution is 6.31. The molecular formula is C15H23ClN2O. The number of hydrogen-bond donors (Lipinski definition) is 2. The number of rotatable bonds is 3. The van der Waals surface area contributed by atoms with Gasteiger partial charge in [-0.1, -0.05) is 31.9 Å². The summed E-state index contributed by atoms with van der Waals surface area (Å²) in [7, 11) is 0. The molecule has 19 heavy (non-hydrogen) atoms. The molecule has 1 aliphatic carbocycles. The lowest BCUT2D eigenvalue weighted by Crippen LogP contribution is -2.53. The Morgan fingerprint density at radius 3 is 2.84 bits per heavy atom. The molecule has 1 aromatic rings. The number of aliphatic hydroxyl groups excluding tert-OH is 1. The number of aliphatic hydroxyl groups is 1. The van der Waals surface area contributed by atoms with Crippen molar-refractivity contribution in [1.82, 2.24) is 4.98 Å². The first-order chi connectivity index (χ1) is 8.91. The van der Waals surface area contributed by atoms with E-state index >= 15 is 0 Å². The molecule has 4 heteroatoms. The van der Waals surface area contributed by atoms with Crippen molar-refractivity contribution in [2.45, 2.75) is 45.6 Å². The quantitative estimate of drug-likeness (QED) is 0.896. The van der Waals surface area contributed by atoms with Crippen molar-refractivity contribution in [3.8, 4) is 0 Å². The third-order valence-corrected chi connectivity index (χ3v) is 4.96. The number of aromatic nitrogens is 1. The standard InChI is InChI=1S/C15H23ClN2O/c1-14(2)5-3-6-15(10-17,13(14)19)8-11-4-7-18-9-12(11)16/h4,7,9,13,19H,3,5-6,8,10,17H2,1-2H3. The monoisotopic (exact) mass is 282 g/mol. The van der Waals surface area contributed by atoms with E-state index in [1.165, 1.54) is 0 Å². The van der Waals surface area contributed by atoms with Crippen LogP contribution in [0.4, 0.5) is 0 Å². The van der Waals surface area contributed by atoms with Gasteiger partial charge in [0, 0.05) is 24.4 Å². The summed E-state index contributed by atoms with van der Waals surface area (Å²) in [5.41, 5.74) is 6.70. The van der Waals surface area contributed by atoms with Gasteiger partial charge < -0.3 is 10.8 Å². The highest BCUT2D eigenvalue weighted by Gasteiger charge is 2.47. The van der Waals surface area contributed by atoms with Crippen LogP contribution in [0.3, 0.4) is 0 Å². The van der Waals surface area contributed by atoms with Gasteiger partial charge in [-0.25, -0.2) is 0 Å². The molecule has 106 valence electrons. The minimum Gasteiger partial charge on any atom is -0.392 e. The Kier molecular flexibility index (Phi) is 4.19. The van der Waals surface area contributed by atoms with E-state index in [2.05, 4.69) is 18.8 Å². The minimum atomic E-state index is -0.400. The maximum Gasteiger partial charge on any atom is 0.0662 e. The van der Waals surface area contributed by atoms with Gasteiger partial charge in [0.1, 0.15) is 0 Å². The van der Waals surface area contributed by atoms with Gasteiger partial charge in [-0.05, 0) is 36.3 Å². The molecule has 1 aliphatic rings. The Hall–Kier alpha value is -0.640. The van der Waals surface area contributed by atoms with Crippen LogP contribution in [0.25, 0.3) is 0 Å². The molecule has 2 rings (SSSR count). The molecule has 1 saturated carbocycles. The molecule has 0 radical (unpaired) electrons. The lowest BCUT2D eigenvalue weighted by molar-refractivity contribution is -0.0884. The Bertz CT molecular complexity index is 450. The number of nitrogens with two attached hydrogens (primary N) is 1. The smallest absolute Gasteiger partial charge is 0.0662 e. The summed E-state index contributed by atoms with van der Waals surface area (Å²) in [6.45, 7) is 4.72. The Balaban J connectivity index is 2.30. The average Bonchev–Trinajstić information content (AvgIpc) is 2.38. The fourth-order valence-corrected chi connectivity index (χ4v) is 3.58. The molecule has 1 heterocycles. The lowest BCUT2D eigenvalue weighted by atomic mass is 9.59. The van der Waals surface area contributed by atoms with Crippen molar-refractivity contribution in [2.24, 2.45) is 16.6 Å². The van der Waals surface area contributed by atoms with Crippen LogP contribution in [0.2, 0.25) is 5.02 Å². The van der Waals surface area contributed by atoms with Gasteiger partial charge >= 0.3 is 0 Å². The largest absolute Gasteiger partial charge is 0.392 e. The third kappa shape index (κ3) is 2.78. The first-order valence-corrected chi connectivity index (χ1v) is 7.26. The summed E-state index contributed by atoms with van der Waals surface area (Å²) in [6, 6.07) is 1.92. The van der Waals surface area contributed by atoms with E-state index in [1.54, 1.807) is 12.4 Å². The third-order valence-electron chi connectivity index (χ3n) is 4.62. The van der Waals surface area contributed by atoms with Gasteiger partial charge in [-0.15, -0.1) is 0 Å². The predicted molar refractivity (Wildman–Crippen MR) is 78.1 cm³/mol. The Labute approximate surface area is 120 Å². The maximum atomic E-state index is 10.8. The van der Waals surface area contributed by atoms with Crippen LogP contribution < -0.4 is 5.73 Å². The first-order valence-electron chi connectivity index (χ1n) is 6.88. The lowest BCUT2D eigenvalue weighted by Gasteiger charge is -2.49. The van der Waals surface area contributed by atoms with Gasteiger partial charge in [0.25, 0.3) is 0 Å². The van der Waals surface area contributed by atoms with E-state index in [9.17, 15) is 5.11 Å². The summed E-state index contributed by atoms with van der Waals surface area (Å²) in [6.07, 6.45) is 6.81. The van der Waals surface area contributed by atoms with Gasteiger partial charge in [0.15, 0.2) is 0 Å². The molecule has 0 aromatic carbocycles. The molecule has 3 nitrogen and oxygen atoms in total. The zero-order valence-electron chi connectivity index (χ0n) is 11.7. The summed E-state index contributed by atoms with van der Waals surface area (Å²) in [5, 5.41) is 11.4. The highest BCUT2D eigenvalue weighted by atomic mass is 35.5. The van der Waals surface area contributed by atoms with Gasteiger partial charge in [-0.2, -0.15) is 0 Å². The molecular weight excluding hydrogens is 260 g/mol. The zero-order chi connectivity index (χ0) is 14.1. The van der Waals surface area contributed by atoms with Crippen molar-refractivity contribution in [1.29, 1.82) is 0 Å². The van der Waals surface area contributed by atoms with Gasteiger partial charge in [-0.3, -0.25) is 4.98 Å². The molecule has 0 aliphatic heterocycles. The summed E-state index contributed by atoms with van der Waals surface area (Å²) in [5.74, 6) is 0. The fourth-order valence-electron chi connectivity index (χ4n) is 3.40. The van der Waals surface area contributed by atoms with Crippen molar-refractivity contribution in [2.75, 3.05) is 6.54 Å². The topological polar surface area (TPSA) is 59.1 Å². The second-order valence-electron chi connectivity index (χ2n) is 6.46. The number of pyridine rings is 1. The molecule has 0 saturated heterocycles. The van der Waals surface area contributed by atoms with Crippen LogP contribution in [0.5, 0.6) is 0 Å². The Morgan fingerprint density at radius 1 is 1.47 bits per heavy atom. The van der Waals surface area contributed by atoms with Crippen molar-refractivity contribution < 1.29 is 5.11 Å². The van der Waals surface area contributed by atoms with E-state index in [4.69, 9.17) is 17.3 Å². The van der Waals surface area contributed by atoms with Crippen LogP contribution in [0.1, 0.15) is 38.7 Å². The molecule has 2 atom stereocenters. The van der Waals surface area contributed by atoms with Crippen molar-refractivity contribution in [3.05, 3.63) is 29.0 Å². The summed E-state index contributed by atoms with van der Waals surface area (Å²) >= 11 is 6.20.